The summed E-state index contributed by atoms with van der Waals surface area (Å²) in [6.45, 7) is 3.97. The molecule has 4 nitrogen and oxygen atoms in total. The van der Waals surface area contributed by atoms with Gasteiger partial charge in [0.25, 0.3) is 0 Å². The molecule has 0 amide bonds. The second-order valence-corrected chi connectivity index (χ2v) is 7.57. The van der Waals surface area contributed by atoms with E-state index in [4.69, 9.17) is 0 Å². The van der Waals surface area contributed by atoms with Crippen molar-refractivity contribution in [2.75, 3.05) is 5.75 Å². The minimum Gasteiger partial charge on any atom is -0.260 e. The third-order valence-corrected chi connectivity index (χ3v) is 5.51. The minimum atomic E-state index is -3.23. The molecule has 1 saturated carbocycles. The lowest BCUT2D eigenvalue weighted by Gasteiger charge is -2.18. The van der Waals surface area contributed by atoms with E-state index >= 15 is 0 Å². The Kier molecular flexibility index (Phi) is 5.16. The van der Waals surface area contributed by atoms with Crippen LogP contribution in [0, 0.1) is 12.8 Å². The SMILES string of the molecule is CCC(NS(=O)(=O)CC1CCCC1)c1cc(C)ccn1. The van der Waals surface area contributed by atoms with Crippen LogP contribution in [0.1, 0.15) is 56.3 Å². The van der Waals surface area contributed by atoms with Gasteiger partial charge < -0.3 is 0 Å². The van der Waals surface area contributed by atoms with Gasteiger partial charge in [-0.15, -0.1) is 0 Å². The fourth-order valence-electron chi connectivity index (χ4n) is 2.86. The number of hydrogen-bond acceptors (Lipinski definition) is 3. The van der Waals surface area contributed by atoms with Crippen molar-refractivity contribution >= 4 is 10.0 Å². The van der Waals surface area contributed by atoms with Crippen molar-refractivity contribution in [3.8, 4) is 0 Å². The van der Waals surface area contributed by atoms with Crippen LogP contribution in [0.2, 0.25) is 0 Å². The van der Waals surface area contributed by atoms with Gasteiger partial charge in [0.05, 0.1) is 17.5 Å². The van der Waals surface area contributed by atoms with E-state index in [1.807, 2.05) is 26.0 Å². The van der Waals surface area contributed by atoms with Crippen LogP contribution in [0.4, 0.5) is 0 Å². The van der Waals surface area contributed by atoms with Gasteiger partial charge in [0.15, 0.2) is 0 Å². The van der Waals surface area contributed by atoms with Crippen molar-refractivity contribution in [3.63, 3.8) is 0 Å². The van der Waals surface area contributed by atoms with Crippen LogP contribution >= 0.6 is 0 Å². The molecule has 1 aromatic rings. The second-order valence-electron chi connectivity index (χ2n) is 5.77. The fraction of sp³-hybridized carbons (Fsp3) is 0.667. The van der Waals surface area contributed by atoms with Gasteiger partial charge in [-0.05, 0) is 49.8 Å². The van der Waals surface area contributed by atoms with Gasteiger partial charge in [0.1, 0.15) is 0 Å². The predicted molar refractivity (Wildman–Crippen MR) is 80.9 cm³/mol. The number of nitrogens with zero attached hydrogens (tertiary/aromatic N) is 1. The number of aromatic nitrogens is 1. The Balaban J connectivity index is 2.05. The number of sulfonamides is 1. The monoisotopic (exact) mass is 296 g/mol. The van der Waals surface area contributed by atoms with E-state index in [1.165, 1.54) is 0 Å². The Hall–Kier alpha value is -0.940. The molecule has 1 fully saturated rings. The molecule has 112 valence electrons. The maximum Gasteiger partial charge on any atom is 0.212 e. The molecule has 0 spiro atoms. The summed E-state index contributed by atoms with van der Waals surface area (Å²) in [4.78, 5) is 4.30. The summed E-state index contributed by atoms with van der Waals surface area (Å²) >= 11 is 0. The number of aryl methyl sites for hydroxylation is 1. The maximum absolute atomic E-state index is 12.3. The van der Waals surface area contributed by atoms with Crippen LogP contribution < -0.4 is 4.72 Å². The molecule has 0 radical (unpaired) electrons. The Bertz CT molecular complexity index is 537. The molecule has 1 heterocycles. The Morgan fingerprint density at radius 1 is 1.40 bits per heavy atom. The lowest BCUT2D eigenvalue weighted by Crippen LogP contribution is -2.33. The van der Waals surface area contributed by atoms with Gasteiger partial charge in [-0.3, -0.25) is 4.98 Å². The molecule has 1 aliphatic rings. The summed E-state index contributed by atoms with van der Waals surface area (Å²) in [6.07, 6.45) is 6.85. The highest BCUT2D eigenvalue weighted by Crippen LogP contribution is 2.26. The zero-order valence-electron chi connectivity index (χ0n) is 12.3. The first-order chi connectivity index (χ1) is 9.50. The highest BCUT2D eigenvalue weighted by Gasteiger charge is 2.25. The lowest BCUT2D eigenvalue weighted by molar-refractivity contribution is 0.522. The zero-order chi connectivity index (χ0) is 14.6. The molecular weight excluding hydrogens is 272 g/mol. The van der Waals surface area contributed by atoms with E-state index in [-0.39, 0.29) is 11.8 Å². The molecule has 0 bridgehead atoms. The van der Waals surface area contributed by atoms with Gasteiger partial charge >= 0.3 is 0 Å². The average Bonchev–Trinajstić information content (AvgIpc) is 2.88. The molecule has 2 rings (SSSR count). The number of rotatable bonds is 6. The van der Waals surface area contributed by atoms with Crippen LogP contribution in [-0.2, 0) is 10.0 Å². The predicted octanol–water partition coefficient (Wildman–Crippen LogP) is 2.95. The first kappa shape index (κ1) is 15.4. The molecular formula is C15H24N2O2S. The van der Waals surface area contributed by atoms with Gasteiger partial charge in [-0.2, -0.15) is 0 Å². The normalized spacial score (nSPS) is 18.3. The quantitative estimate of drug-likeness (QED) is 0.878. The van der Waals surface area contributed by atoms with Crippen molar-refractivity contribution in [2.45, 2.75) is 52.0 Å². The molecule has 1 aromatic heterocycles. The molecule has 1 aliphatic carbocycles. The molecule has 1 atom stereocenters. The number of hydrogen-bond donors (Lipinski definition) is 1. The standard InChI is InChI=1S/C15H24N2O2S/c1-3-14(15-10-12(2)8-9-16-15)17-20(18,19)11-13-6-4-5-7-13/h8-10,13-14,17H,3-7,11H2,1-2H3. The topological polar surface area (TPSA) is 59.1 Å². The van der Waals surface area contributed by atoms with Crippen LogP contribution in [0.15, 0.2) is 18.3 Å². The van der Waals surface area contributed by atoms with E-state index in [0.29, 0.717) is 12.3 Å². The largest absolute Gasteiger partial charge is 0.260 e. The van der Waals surface area contributed by atoms with Gasteiger partial charge in [0, 0.05) is 6.20 Å². The van der Waals surface area contributed by atoms with Gasteiger partial charge in [0.2, 0.25) is 10.0 Å². The van der Waals surface area contributed by atoms with E-state index in [0.717, 1.165) is 36.9 Å². The Labute approximate surface area is 122 Å². The number of nitrogens with one attached hydrogen (secondary N) is 1. The third-order valence-electron chi connectivity index (χ3n) is 3.95. The van der Waals surface area contributed by atoms with E-state index in [2.05, 4.69) is 9.71 Å². The van der Waals surface area contributed by atoms with Crippen molar-refractivity contribution in [2.24, 2.45) is 5.92 Å². The highest BCUT2D eigenvalue weighted by atomic mass is 32.2. The molecule has 0 aliphatic heterocycles. The Morgan fingerprint density at radius 2 is 2.10 bits per heavy atom. The first-order valence-electron chi connectivity index (χ1n) is 7.42. The summed E-state index contributed by atoms with van der Waals surface area (Å²) in [7, 11) is -3.23. The Morgan fingerprint density at radius 3 is 2.70 bits per heavy atom. The summed E-state index contributed by atoms with van der Waals surface area (Å²) in [5.74, 6) is 0.588. The van der Waals surface area contributed by atoms with Crippen LogP contribution in [-0.4, -0.2) is 19.2 Å². The van der Waals surface area contributed by atoms with Crippen molar-refractivity contribution in [1.29, 1.82) is 0 Å². The lowest BCUT2D eigenvalue weighted by atomic mass is 10.1. The average molecular weight is 296 g/mol. The van der Waals surface area contributed by atoms with Crippen molar-refractivity contribution < 1.29 is 8.42 Å². The molecule has 1 N–H and O–H groups in total. The van der Waals surface area contributed by atoms with Crippen molar-refractivity contribution in [3.05, 3.63) is 29.6 Å². The third kappa shape index (κ3) is 4.28. The molecule has 20 heavy (non-hydrogen) atoms. The molecule has 5 heteroatoms. The summed E-state index contributed by atoms with van der Waals surface area (Å²) in [5, 5.41) is 0. The summed E-state index contributed by atoms with van der Waals surface area (Å²) in [5.41, 5.74) is 1.91. The first-order valence-corrected chi connectivity index (χ1v) is 9.08. The van der Waals surface area contributed by atoms with E-state index in [9.17, 15) is 8.42 Å². The minimum absolute atomic E-state index is 0.221. The molecule has 0 aromatic carbocycles. The molecule has 0 saturated heterocycles. The number of pyridine rings is 1. The summed E-state index contributed by atoms with van der Waals surface area (Å²) < 4.78 is 27.4. The van der Waals surface area contributed by atoms with Crippen molar-refractivity contribution in [1.82, 2.24) is 9.71 Å². The van der Waals surface area contributed by atoms with Gasteiger partial charge in [-0.25, -0.2) is 13.1 Å². The zero-order valence-corrected chi connectivity index (χ0v) is 13.1. The van der Waals surface area contributed by atoms with Crippen LogP contribution in [0.25, 0.3) is 0 Å². The maximum atomic E-state index is 12.3. The molecule has 1 unspecified atom stereocenters. The van der Waals surface area contributed by atoms with E-state index in [1.54, 1.807) is 6.20 Å². The van der Waals surface area contributed by atoms with Crippen LogP contribution in [0.5, 0.6) is 0 Å². The van der Waals surface area contributed by atoms with Gasteiger partial charge in [-0.1, -0.05) is 19.8 Å². The fourth-order valence-corrected chi connectivity index (χ4v) is 4.63. The highest BCUT2D eigenvalue weighted by molar-refractivity contribution is 7.89. The smallest absolute Gasteiger partial charge is 0.212 e. The van der Waals surface area contributed by atoms with Crippen LogP contribution in [0.3, 0.4) is 0 Å². The second kappa shape index (κ2) is 6.68. The summed E-state index contributed by atoms with van der Waals surface area (Å²) in [6, 6.07) is 3.65. The van der Waals surface area contributed by atoms with E-state index < -0.39 is 10.0 Å².